The van der Waals surface area contributed by atoms with Crippen LogP contribution in [0.2, 0.25) is 0 Å². The van der Waals surface area contributed by atoms with Crippen LogP contribution >= 0.6 is 0 Å². The van der Waals surface area contributed by atoms with E-state index in [1.807, 2.05) is 11.9 Å². The molecular formula is C32H37F4N5O2. The van der Waals surface area contributed by atoms with Gasteiger partial charge in [-0.25, -0.2) is 4.39 Å². The smallest absolute Gasteiger partial charge is 0.367 e. The summed E-state index contributed by atoms with van der Waals surface area (Å²) in [4.78, 5) is 33.6. The number of anilines is 2. The van der Waals surface area contributed by atoms with Crippen molar-refractivity contribution in [2.75, 3.05) is 50.5 Å². The molecule has 0 bridgehead atoms. The van der Waals surface area contributed by atoms with Crippen LogP contribution in [-0.4, -0.2) is 67.0 Å². The van der Waals surface area contributed by atoms with Crippen LogP contribution in [0.3, 0.4) is 0 Å². The fourth-order valence-electron chi connectivity index (χ4n) is 6.04. The quantitative estimate of drug-likeness (QED) is 0.328. The van der Waals surface area contributed by atoms with Gasteiger partial charge >= 0.3 is 6.18 Å². The van der Waals surface area contributed by atoms with Crippen LogP contribution in [0.5, 0.6) is 0 Å². The summed E-state index contributed by atoms with van der Waals surface area (Å²) in [7, 11) is 4.09. The van der Waals surface area contributed by atoms with Gasteiger partial charge in [0.2, 0.25) is 5.56 Å². The molecule has 11 heteroatoms. The van der Waals surface area contributed by atoms with Gasteiger partial charge in [0.05, 0.1) is 22.5 Å². The lowest BCUT2D eigenvalue weighted by molar-refractivity contribution is -0.138. The molecule has 2 aliphatic rings. The topological polar surface area (TPSA) is 71.7 Å². The van der Waals surface area contributed by atoms with Gasteiger partial charge in [0.15, 0.2) is 0 Å². The molecule has 1 saturated heterocycles. The summed E-state index contributed by atoms with van der Waals surface area (Å²) in [6.45, 7) is 3.47. The molecule has 1 aliphatic heterocycles. The van der Waals surface area contributed by atoms with Gasteiger partial charge in [-0.3, -0.25) is 14.5 Å². The van der Waals surface area contributed by atoms with E-state index in [0.29, 0.717) is 48.6 Å². The summed E-state index contributed by atoms with van der Waals surface area (Å²) in [5.74, 6) is -1.46. The first kappa shape index (κ1) is 30.7. The number of likely N-dealkylation sites (N-methyl/N-ethyl adjacent to an activating group) is 1. The second-order valence-corrected chi connectivity index (χ2v) is 11.6. The van der Waals surface area contributed by atoms with Crippen molar-refractivity contribution in [1.29, 1.82) is 0 Å². The summed E-state index contributed by atoms with van der Waals surface area (Å²) in [6.07, 6.45) is 1.83. The summed E-state index contributed by atoms with van der Waals surface area (Å²) in [5.41, 5.74) is -0.338. The van der Waals surface area contributed by atoms with Crippen molar-refractivity contribution in [1.82, 2.24) is 14.8 Å². The molecule has 0 spiro atoms. The van der Waals surface area contributed by atoms with Crippen molar-refractivity contribution < 1.29 is 22.4 Å². The summed E-state index contributed by atoms with van der Waals surface area (Å²) >= 11 is 0. The first-order valence-electron chi connectivity index (χ1n) is 14.7. The highest BCUT2D eigenvalue weighted by Gasteiger charge is 2.36. The number of amides is 1. The minimum Gasteiger partial charge on any atom is -0.367 e. The second kappa shape index (κ2) is 12.9. The van der Waals surface area contributed by atoms with Crippen LogP contribution in [0.25, 0.3) is 11.1 Å². The van der Waals surface area contributed by atoms with Crippen LogP contribution in [0.4, 0.5) is 28.9 Å². The number of alkyl halides is 3. The molecule has 1 aliphatic carbocycles. The van der Waals surface area contributed by atoms with Crippen molar-refractivity contribution in [3.63, 3.8) is 0 Å². The number of halogens is 4. The molecular weight excluding hydrogens is 562 g/mol. The number of nitrogens with one attached hydrogen (secondary N) is 2. The highest BCUT2D eigenvalue weighted by Crippen LogP contribution is 2.36. The van der Waals surface area contributed by atoms with Crippen molar-refractivity contribution in [2.24, 2.45) is 0 Å². The fraction of sp³-hybridized carbons (Fsp3) is 0.438. The highest BCUT2D eigenvalue weighted by molar-refractivity contribution is 6.07. The predicted octanol–water partition coefficient (Wildman–Crippen LogP) is 5.97. The molecule has 43 heavy (non-hydrogen) atoms. The summed E-state index contributed by atoms with van der Waals surface area (Å²) < 4.78 is 56.4. The Kier molecular flexibility index (Phi) is 9.22. The number of aromatic amines is 1. The molecule has 0 unspecified atom stereocenters. The molecule has 1 saturated carbocycles. The van der Waals surface area contributed by atoms with E-state index in [1.165, 1.54) is 25.3 Å². The average molecular weight is 600 g/mol. The van der Waals surface area contributed by atoms with Gasteiger partial charge in [0.25, 0.3) is 5.91 Å². The molecule has 3 aromatic rings. The minimum absolute atomic E-state index is 0.260. The third-order valence-corrected chi connectivity index (χ3v) is 8.53. The van der Waals surface area contributed by atoms with Crippen LogP contribution < -0.4 is 15.8 Å². The Morgan fingerprint density at radius 2 is 1.74 bits per heavy atom. The SMILES string of the molecule is CN1CCN(c2ccc(-c3cc(CN(C)C4CCCCC4)ccc3F)cc2NC(=O)c2c[nH]c(=O)cc2C(F)(F)F)CC1. The Bertz CT molecular complexity index is 1510. The van der Waals surface area contributed by atoms with Crippen molar-refractivity contribution in [2.45, 2.75) is 50.9 Å². The molecule has 230 valence electrons. The van der Waals surface area contributed by atoms with Crippen LogP contribution in [0.1, 0.15) is 53.6 Å². The van der Waals surface area contributed by atoms with E-state index in [1.54, 1.807) is 30.3 Å². The number of carbonyl (C=O) groups excluding carboxylic acids is 1. The van der Waals surface area contributed by atoms with Crippen molar-refractivity contribution in [3.05, 3.63) is 81.5 Å². The van der Waals surface area contributed by atoms with E-state index in [4.69, 9.17) is 0 Å². The maximum Gasteiger partial charge on any atom is 0.417 e. The Labute approximate surface area is 248 Å². The number of benzene rings is 2. The molecule has 1 amide bonds. The first-order valence-corrected chi connectivity index (χ1v) is 14.7. The van der Waals surface area contributed by atoms with E-state index in [9.17, 15) is 22.8 Å². The Morgan fingerprint density at radius 1 is 1.02 bits per heavy atom. The largest absolute Gasteiger partial charge is 0.417 e. The molecule has 7 nitrogen and oxygen atoms in total. The number of hydrogen-bond acceptors (Lipinski definition) is 5. The molecule has 2 fully saturated rings. The van der Waals surface area contributed by atoms with Gasteiger partial charge in [-0.05, 0) is 62.3 Å². The Hall–Kier alpha value is -3.70. The van der Waals surface area contributed by atoms with Crippen LogP contribution in [0, 0.1) is 5.82 Å². The number of hydrogen-bond donors (Lipinski definition) is 2. The third-order valence-electron chi connectivity index (χ3n) is 8.53. The van der Waals surface area contributed by atoms with Gasteiger partial charge in [-0.15, -0.1) is 0 Å². The van der Waals surface area contributed by atoms with Gasteiger partial charge in [-0.1, -0.05) is 31.4 Å². The highest BCUT2D eigenvalue weighted by atomic mass is 19.4. The van der Waals surface area contributed by atoms with Gasteiger partial charge < -0.3 is 20.1 Å². The number of rotatable bonds is 7. The second-order valence-electron chi connectivity index (χ2n) is 11.6. The first-order chi connectivity index (χ1) is 20.5. The molecule has 0 atom stereocenters. The number of H-pyrrole nitrogens is 1. The molecule has 2 aromatic carbocycles. The van der Waals surface area contributed by atoms with Crippen LogP contribution in [0.15, 0.2) is 53.5 Å². The van der Waals surface area contributed by atoms with E-state index in [-0.39, 0.29) is 5.69 Å². The third kappa shape index (κ3) is 7.27. The fourth-order valence-corrected chi connectivity index (χ4v) is 6.04. The number of piperazine rings is 1. The zero-order valence-electron chi connectivity index (χ0n) is 24.4. The zero-order valence-corrected chi connectivity index (χ0v) is 24.4. The molecule has 0 radical (unpaired) electrons. The van der Waals surface area contributed by atoms with E-state index >= 15 is 4.39 Å². The number of nitrogens with zero attached hydrogens (tertiary/aromatic N) is 3. The molecule has 2 heterocycles. The van der Waals surface area contributed by atoms with Crippen molar-refractivity contribution in [3.8, 4) is 11.1 Å². The van der Waals surface area contributed by atoms with E-state index in [0.717, 1.165) is 37.7 Å². The van der Waals surface area contributed by atoms with Gasteiger partial charge in [-0.2, -0.15) is 13.2 Å². The van der Waals surface area contributed by atoms with Crippen molar-refractivity contribution >= 4 is 17.3 Å². The summed E-state index contributed by atoms with van der Waals surface area (Å²) in [6, 6.07) is 11.0. The summed E-state index contributed by atoms with van der Waals surface area (Å²) in [5, 5.41) is 2.64. The maximum atomic E-state index is 15.3. The minimum atomic E-state index is -4.91. The molecule has 1 aromatic heterocycles. The van der Waals surface area contributed by atoms with E-state index in [2.05, 4.69) is 27.1 Å². The standard InChI is InChI=1S/C32H37F4N5O2/c1-39-12-14-41(15-13-39)29-11-9-22(17-28(29)38-31(43)25-19-37-30(42)18-26(25)32(34,35)36)24-16-21(8-10-27(24)33)20-40(2)23-6-4-3-5-7-23/h8-11,16-19,23H,3-7,12-15,20H2,1-2H3,(H,37,42)(H,38,43). The number of aromatic nitrogens is 1. The monoisotopic (exact) mass is 599 g/mol. The van der Waals surface area contributed by atoms with Gasteiger partial charge in [0, 0.05) is 56.6 Å². The lowest BCUT2D eigenvalue weighted by Crippen LogP contribution is -2.44. The number of carbonyl (C=O) groups is 1. The predicted molar refractivity (Wildman–Crippen MR) is 160 cm³/mol. The Balaban J connectivity index is 1.49. The maximum absolute atomic E-state index is 15.3. The molecule has 2 N–H and O–H groups in total. The number of pyridine rings is 1. The lowest BCUT2D eigenvalue weighted by atomic mass is 9.94. The zero-order chi connectivity index (χ0) is 30.7. The lowest BCUT2D eigenvalue weighted by Gasteiger charge is -2.35. The van der Waals surface area contributed by atoms with Crippen LogP contribution in [-0.2, 0) is 12.7 Å². The van der Waals surface area contributed by atoms with Gasteiger partial charge in [0.1, 0.15) is 5.82 Å². The Morgan fingerprint density at radius 3 is 2.44 bits per heavy atom. The normalized spacial score (nSPS) is 17.0. The average Bonchev–Trinajstić information content (AvgIpc) is 2.98. The van der Waals surface area contributed by atoms with E-state index < -0.39 is 34.6 Å². The molecule has 5 rings (SSSR count).